The molecule has 0 N–H and O–H groups in total. The Balaban J connectivity index is 1.33. The Morgan fingerprint density at radius 2 is 0.303 bits per heavy atom. The molecule has 0 aromatic heterocycles. The number of nitroso groups, excluding NO2 is 6. The summed E-state index contributed by atoms with van der Waals surface area (Å²) in [4.78, 5) is 69.0. The van der Waals surface area contributed by atoms with Crippen molar-refractivity contribution < 1.29 is 0 Å². The molecule has 314 valence electrons. The molecule has 0 aliphatic carbocycles. The van der Waals surface area contributed by atoms with Gasteiger partial charge in [0.25, 0.3) is 0 Å². The molecule has 0 bridgehead atoms. The fourth-order valence-electron chi connectivity index (χ4n) is 8.36. The van der Waals surface area contributed by atoms with Crippen LogP contribution in [0.3, 0.4) is 0 Å². The van der Waals surface area contributed by atoms with Gasteiger partial charge in [-0.3, -0.25) is 0 Å². The fourth-order valence-corrected chi connectivity index (χ4v) is 8.36. The van der Waals surface area contributed by atoms with E-state index in [9.17, 15) is 29.4 Å². The lowest BCUT2D eigenvalue weighted by atomic mass is 9.81. The van der Waals surface area contributed by atoms with Crippen molar-refractivity contribution >= 4 is 34.1 Å². The average molecular weight is 861 g/mol. The minimum Gasteiger partial charge on any atom is -0.145 e. The van der Waals surface area contributed by atoms with Crippen molar-refractivity contribution in [1.29, 1.82) is 0 Å². The third-order valence-corrected chi connectivity index (χ3v) is 11.5. The van der Waals surface area contributed by atoms with Gasteiger partial charge in [0.15, 0.2) is 0 Å². The van der Waals surface area contributed by atoms with E-state index in [0.29, 0.717) is 0 Å². The number of hydrogen-bond donors (Lipinski definition) is 0. The van der Waals surface area contributed by atoms with Gasteiger partial charge in [0, 0.05) is 0 Å². The predicted molar refractivity (Wildman–Crippen MR) is 263 cm³/mol. The second-order valence-electron chi connectivity index (χ2n) is 15.2. The first-order chi connectivity index (χ1) is 32.4. The summed E-state index contributed by atoms with van der Waals surface area (Å²) in [5, 5.41) is 18.7. The molecule has 0 unspecified atom stereocenters. The van der Waals surface area contributed by atoms with Gasteiger partial charge < -0.3 is 0 Å². The van der Waals surface area contributed by atoms with Crippen molar-refractivity contribution in [2.75, 3.05) is 0 Å². The zero-order valence-electron chi connectivity index (χ0n) is 34.6. The molecular formula is C54H32N6O6. The standard InChI is InChI=1S/C54H32N6O6/c61-55-41-17-5-33(6-18-41)47-29-31-49(35-9-21-43(57-63)22-10-35)53(39-13-25-45(59-65)26-14-39)51(47)37-1-2-38(4-3-37)52-48(34-7-19-42(56-62)20-8-34)30-32-50(36-11-23-44(58-64)24-12-36)54(52)40-15-27-46(60-66)28-16-40/h1-32H. The molecule has 0 saturated heterocycles. The summed E-state index contributed by atoms with van der Waals surface area (Å²) < 4.78 is 0. The third kappa shape index (κ3) is 8.16. The number of benzene rings is 9. The zero-order chi connectivity index (χ0) is 45.6. The normalized spacial score (nSPS) is 10.8. The Morgan fingerprint density at radius 1 is 0.167 bits per heavy atom. The largest absolute Gasteiger partial charge is 0.145 e. The first-order valence-electron chi connectivity index (χ1n) is 20.5. The number of rotatable bonds is 14. The molecule has 9 aromatic rings. The van der Waals surface area contributed by atoms with Crippen LogP contribution < -0.4 is 0 Å². The topological polar surface area (TPSA) is 177 Å². The molecule has 9 rings (SSSR count). The van der Waals surface area contributed by atoms with Crippen LogP contribution in [0.15, 0.2) is 225 Å². The van der Waals surface area contributed by atoms with Crippen LogP contribution in [0.4, 0.5) is 34.1 Å². The second-order valence-corrected chi connectivity index (χ2v) is 15.2. The van der Waals surface area contributed by atoms with E-state index in [1.54, 1.807) is 72.8 Å². The van der Waals surface area contributed by atoms with Crippen molar-refractivity contribution in [2.45, 2.75) is 0 Å². The first-order valence-corrected chi connectivity index (χ1v) is 20.5. The molecule has 12 nitrogen and oxygen atoms in total. The molecule has 0 saturated carbocycles. The highest BCUT2D eigenvalue weighted by molar-refractivity contribution is 6.04. The van der Waals surface area contributed by atoms with E-state index < -0.39 is 0 Å². The van der Waals surface area contributed by atoms with E-state index in [1.807, 2.05) is 121 Å². The molecule has 0 fully saturated rings. The Bertz CT molecular complexity index is 3080. The molecule has 12 heteroatoms. The van der Waals surface area contributed by atoms with Crippen LogP contribution in [0, 0.1) is 29.4 Å². The maximum atomic E-state index is 11.6. The van der Waals surface area contributed by atoms with Gasteiger partial charge in [-0.25, -0.2) is 0 Å². The Hall–Kier alpha value is -9.42. The summed E-state index contributed by atoms with van der Waals surface area (Å²) in [5.74, 6) is 0. The van der Waals surface area contributed by atoms with Crippen LogP contribution in [0.25, 0.3) is 89.0 Å². The molecule has 66 heavy (non-hydrogen) atoms. The van der Waals surface area contributed by atoms with Crippen LogP contribution >= 0.6 is 0 Å². The quantitative estimate of drug-likeness (QED) is 0.0982. The Morgan fingerprint density at radius 3 is 0.455 bits per heavy atom. The number of nitrogens with zero attached hydrogens (tertiary/aromatic N) is 6. The van der Waals surface area contributed by atoms with Crippen molar-refractivity contribution in [3.05, 3.63) is 224 Å². The molecule has 0 aliphatic rings. The predicted octanol–water partition coefficient (Wildman–Crippen LogP) is 17.4. The molecule has 0 radical (unpaired) electrons. The van der Waals surface area contributed by atoms with Gasteiger partial charge >= 0.3 is 0 Å². The Kier molecular flexibility index (Phi) is 11.8. The van der Waals surface area contributed by atoms with Crippen LogP contribution in [0.5, 0.6) is 0 Å². The smallest absolute Gasteiger partial charge is 0.108 e. The van der Waals surface area contributed by atoms with Gasteiger partial charge in [-0.15, -0.1) is 29.4 Å². The van der Waals surface area contributed by atoms with E-state index in [0.717, 1.165) is 89.0 Å². The van der Waals surface area contributed by atoms with Crippen LogP contribution in [0.2, 0.25) is 0 Å². The Labute approximate surface area is 376 Å². The maximum Gasteiger partial charge on any atom is 0.108 e. The van der Waals surface area contributed by atoms with Gasteiger partial charge in [-0.1, -0.05) is 121 Å². The lowest BCUT2D eigenvalue weighted by Crippen LogP contribution is -1.96. The van der Waals surface area contributed by atoms with Crippen LogP contribution in [0.1, 0.15) is 0 Å². The fraction of sp³-hybridized carbons (Fsp3) is 0. The van der Waals surface area contributed by atoms with E-state index in [2.05, 4.69) is 31.1 Å². The zero-order valence-corrected chi connectivity index (χ0v) is 34.6. The third-order valence-electron chi connectivity index (χ3n) is 11.5. The van der Waals surface area contributed by atoms with Crippen molar-refractivity contribution in [1.82, 2.24) is 0 Å². The highest BCUT2D eigenvalue weighted by Crippen LogP contribution is 2.49. The summed E-state index contributed by atoms with van der Waals surface area (Å²) in [6.07, 6.45) is 0. The summed E-state index contributed by atoms with van der Waals surface area (Å²) >= 11 is 0. The van der Waals surface area contributed by atoms with Gasteiger partial charge in [0.1, 0.15) is 34.1 Å². The van der Waals surface area contributed by atoms with Crippen molar-refractivity contribution in [3.8, 4) is 89.0 Å². The van der Waals surface area contributed by atoms with E-state index in [4.69, 9.17) is 0 Å². The van der Waals surface area contributed by atoms with Gasteiger partial charge in [0.2, 0.25) is 0 Å². The summed E-state index contributed by atoms with van der Waals surface area (Å²) in [6, 6.07) is 58.1. The molecule has 0 spiro atoms. The molecule has 0 atom stereocenters. The molecule has 0 heterocycles. The molecule has 9 aromatic carbocycles. The lowest BCUT2D eigenvalue weighted by Gasteiger charge is -2.22. The van der Waals surface area contributed by atoms with E-state index in [1.165, 1.54) is 0 Å². The van der Waals surface area contributed by atoms with Gasteiger partial charge in [-0.2, -0.15) is 0 Å². The van der Waals surface area contributed by atoms with Gasteiger partial charge in [0.05, 0.1) is 0 Å². The highest BCUT2D eigenvalue weighted by Gasteiger charge is 2.23. The monoisotopic (exact) mass is 860 g/mol. The van der Waals surface area contributed by atoms with Crippen molar-refractivity contribution in [3.63, 3.8) is 0 Å². The van der Waals surface area contributed by atoms with Crippen LogP contribution in [-0.4, -0.2) is 0 Å². The molecule has 0 amide bonds. The van der Waals surface area contributed by atoms with Crippen molar-refractivity contribution in [2.24, 2.45) is 31.1 Å². The SMILES string of the molecule is O=Nc1ccc(-c2ccc(-c3ccc(N=O)cc3)c(-c3ccc(-c4c(-c5ccc(N=O)cc5)ccc(-c5ccc(N=O)cc5)c4-c4ccc(N=O)cc4)cc3)c2-c2ccc(N=O)cc2)cc1. The maximum absolute atomic E-state index is 11.6. The molecular weight excluding hydrogens is 829 g/mol. The highest BCUT2D eigenvalue weighted by atomic mass is 16.3. The lowest BCUT2D eigenvalue weighted by molar-refractivity contribution is 1.47. The summed E-state index contributed by atoms with van der Waals surface area (Å²) in [7, 11) is 0. The van der Waals surface area contributed by atoms with E-state index in [-0.39, 0.29) is 34.1 Å². The first kappa shape index (κ1) is 41.9. The van der Waals surface area contributed by atoms with E-state index >= 15 is 0 Å². The second kappa shape index (κ2) is 18.5. The summed E-state index contributed by atoms with van der Waals surface area (Å²) in [6.45, 7) is 0. The number of hydrogen-bond acceptors (Lipinski definition) is 12. The average Bonchev–Trinajstić information content (AvgIpc) is 3.40. The minimum absolute atomic E-state index is 0.264. The molecule has 0 aliphatic heterocycles. The minimum atomic E-state index is 0.264. The van der Waals surface area contributed by atoms with Crippen LogP contribution in [-0.2, 0) is 0 Å². The van der Waals surface area contributed by atoms with Gasteiger partial charge in [-0.05, 0) is 193 Å². The summed E-state index contributed by atoms with van der Waals surface area (Å²) in [5.41, 5.74) is 14.8.